The van der Waals surface area contributed by atoms with Gasteiger partial charge < -0.3 is 4.90 Å². The summed E-state index contributed by atoms with van der Waals surface area (Å²) in [5, 5.41) is 0. The minimum absolute atomic E-state index is 0.620. The van der Waals surface area contributed by atoms with Crippen LogP contribution in [0.2, 0.25) is 0 Å². The van der Waals surface area contributed by atoms with Crippen molar-refractivity contribution in [1.82, 2.24) is 4.90 Å². The van der Waals surface area contributed by atoms with E-state index in [2.05, 4.69) is 38.0 Å². The van der Waals surface area contributed by atoms with Gasteiger partial charge in [-0.1, -0.05) is 12.2 Å². The van der Waals surface area contributed by atoms with Crippen molar-refractivity contribution in [2.45, 2.75) is 0 Å². The van der Waals surface area contributed by atoms with E-state index in [1.165, 1.54) is 0 Å². The molecule has 0 fully saturated rings. The Morgan fingerprint density at radius 2 is 1.62 bits per heavy atom. The van der Waals surface area contributed by atoms with Crippen molar-refractivity contribution >= 4 is 29.2 Å². The summed E-state index contributed by atoms with van der Waals surface area (Å²) in [6.07, 6.45) is 0. The van der Waals surface area contributed by atoms with E-state index in [1.54, 1.807) is 4.90 Å². The van der Waals surface area contributed by atoms with E-state index in [0.29, 0.717) is 4.32 Å². The van der Waals surface area contributed by atoms with E-state index >= 15 is 0 Å². The molecule has 0 aromatic heterocycles. The van der Waals surface area contributed by atoms with Crippen LogP contribution in [0, 0.1) is 0 Å². The summed E-state index contributed by atoms with van der Waals surface area (Å²) in [6, 6.07) is 0. The summed E-state index contributed by atoms with van der Waals surface area (Å²) in [6.45, 7) is 6.00. The zero-order chi connectivity index (χ0) is 7.15. The molecule has 0 aliphatic rings. The third kappa shape index (κ3) is 9.36. The number of thiocarbonyl (C=S) groups is 1. The molecule has 0 atom stereocenters. The van der Waals surface area contributed by atoms with Gasteiger partial charge in [-0.2, -0.15) is 0 Å². The Morgan fingerprint density at radius 1 is 1.50 bits per heavy atom. The summed E-state index contributed by atoms with van der Waals surface area (Å²) >= 11 is 8.46. The molecule has 0 aliphatic carbocycles. The van der Waals surface area contributed by atoms with Crippen LogP contribution in [0.15, 0.2) is 13.2 Å². The molecule has 0 aromatic rings. The first kappa shape index (κ1) is 10.9. The fraction of sp³-hybridized carbons (Fsp3) is 0.400. The highest BCUT2D eigenvalue weighted by Gasteiger charge is 1.83. The average molecular weight is 149 g/mol. The second-order valence-corrected chi connectivity index (χ2v) is 2.29. The summed E-state index contributed by atoms with van der Waals surface area (Å²) in [5.74, 6) is 0. The maximum absolute atomic E-state index is 4.61. The van der Waals surface area contributed by atoms with Crippen LogP contribution in [0.5, 0.6) is 0 Å². The maximum atomic E-state index is 4.61. The lowest BCUT2D eigenvalue weighted by Crippen LogP contribution is -2.12. The normalized spacial score (nSPS) is 6.38. The van der Waals surface area contributed by atoms with Gasteiger partial charge in [0.2, 0.25) is 0 Å². The summed E-state index contributed by atoms with van der Waals surface area (Å²) in [7, 11) is 3.71. The van der Waals surface area contributed by atoms with E-state index in [9.17, 15) is 0 Å². The van der Waals surface area contributed by atoms with Gasteiger partial charge in [0.25, 0.3) is 0 Å². The number of thiol groups is 1. The molecule has 0 aromatic carbocycles. The van der Waals surface area contributed by atoms with E-state index in [-0.39, 0.29) is 0 Å². The highest BCUT2D eigenvalue weighted by molar-refractivity contribution is 8.10. The monoisotopic (exact) mass is 149 g/mol. The van der Waals surface area contributed by atoms with Gasteiger partial charge in [-0.25, -0.2) is 0 Å². The zero-order valence-electron chi connectivity index (χ0n) is 5.22. The SMILES string of the molecule is C=C.CN(C)C(=S)S. The Bertz CT molecular complexity index is 70.8. The molecule has 0 unspecified atom stereocenters. The molecule has 0 heterocycles. The van der Waals surface area contributed by atoms with Gasteiger partial charge >= 0.3 is 0 Å². The lowest BCUT2D eigenvalue weighted by atomic mass is 11.0. The van der Waals surface area contributed by atoms with Crippen LogP contribution in [0.1, 0.15) is 0 Å². The first-order valence-electron chi connectivity index (χ1n) is 2.05. The first-order chi connectivity index (χ1) is 3.64. The van der Waals surface area contributed by atoms with Gasteiger partial charge in [0.15, 0.2) is 0 Å². The van der Waals surface area contributed by atoms with Crippen molar-refractivity contribution in [2.75, 3.05) is 14.1 Å². The third-order valence-electron chi connectivity index (χ3n) is 0.383. The van der Waals surface area contributed by atoms with E-state index in [1.807, 2.05) is 14.1 Å². The van der Waals surface area contributed by atoms with Gasteiger partial charge in [-0.05, 0) is 0 Å². The molecule has 0 saturated heterocycles. The van der Waals surface area contributed by atoms with Crippen molar-refractivity contribution in [3.8, 4) is 0 Å². The molecule has 0 rings (SSSR count). The van der Waals surface area contributed by atoms with Crippen LogP contribution in [0.25, 0.3) is 0 Å². The van der Waals surface area contributed by atoms with E-state index < -0.39 is 0 Å². The van der Waals surface area contributed by atoms with Gasteiger partial charge in [-0.3, -0.25) is 0 Å². The Kier molecular flexibility index (Phi) is 9.49. The molecule has 1 nitrogen and oxygen atoms in total. The van der Waals surface area contributed by atoms with Gasteiger partial charge in [0, 0.05) is 14.1 Å². The zero-order valence-corrected chi connectivity index (χ0v) is 6.93. The highest BCUT2D eigenvalue weighted by Crippen LogP contribution is 1.84. The van der Waals surface area contributed by atoms with Crippen molar-refractivity contribution in [1.29, 1.82) is 0 Å². The Labute approximate surface area is 61.8 Å². The van der Waals surface area contributed by atoms with Crippen molar-refractivity contribution < 1.29 is 0 Å². The van der Waals surface area contributed by atoms with Crippen LogP contribution in [0.4, 0.5) is 0 Å². The van der Waals surface area contributed by atoms with E-state index in [0.717, 1.165) is 0 Å². The van der Waals surface area contributed by atoms with E-state index in [4.69, 9.17) is 0 Å². The summed E-state index contributed by atoms with van der Waals surface area (Å²) < 4.78 is 0.620. The van der Waals surface area contributed by atoms with Crippen molar-refractivity contribution in [2.24, 2.45) is 0 Å². The maximum Gasteiger partial charge on any atom is 0.132 e. The molecule has 8 heavy (non-hydrogen) atoms. The van der Waals surface area contributed by atoms with Gasteiger partial charge in [-0.15, -0.1) is 25.8 Å². The smallest absolute Gasteiger partial charge is 0.132 e. The largest absolute Gasteiger partial charge is 0.364 e. The summed E-state index contributed by atoms with van der Waals surface area (Å²) in [5.41, 5.74) is 0. The highest BCUT2D eigenvalue weighted by atomic mass is 32.1. The average Bonchev–Trinajstić information content (AvgIpc) is 1.72. The molecule has 0 spiro atoms. The molecule has 48 valence electrons. The molecule has 0 radical (unpaired) electrons. The Balaban J connectivity index is 0. The van der Waals surface area contributed by atoms with Crippen LogP contribution < -0.4 is 0 Å². The fourth-order valence-corrected chi connectivity index (χ4v) is 0. The van der Waals surface area contributed by atoms with Crippen LogP contribution >= 0.6 is 24.8 Å². The Hall–Kier alpha value is -0.0200. The predicted octanol–water partition coefficient (Wildman–Crippen LogP) is 1.56. The van der Waals surface area contributed by atoms with Crippen LogP contribution in [0.3, 0.4) is 0 Å². The minimum atomic E-state index is 0.620. The first-order valence-corrected chi connectivity index (χ1v) is 2.90. The second-order valence-electron chi connectivity index (χ2n) is 1.18. The number of hydrogen-bond donors (Lipinski definition) is 1. The molecule has 0 N–H and O–H groups in total. The Morgan fingerprint density at radius 3 is 1.62 bits per heavy atom. The molecule has 0 amide bonds. The van der Waals surface area contributed by atoms with Gasteiger partial charge in [0.05, 0.1) is 0 Å². The fourth-order valence-electron chi connectivity index (χ4n) is 0. The van der Waals surface area contributed by atoms with Crippen LogP contribution in [-0.4, -0.2) is 23.3 Å². The van der Waals surface area contributed by atoms with Crippen molar-refractivity contribution in [3.63, 3.8) is 0 Å². The number of rotatable bonds is 0. The molecule has 3 heteroatoms. The predicted molar refractivity (Wildman–Crippen MR) is 46.5 cm³/mol. The topological polar surface area (TPSA) is 3.24 Å². The molecule has 0 aliphatic heterocycles. The minimum Gasteiger partial charge on any atom is -0.364 e. The molecular weight excluding hydrogens is 138 g/mol. The van der Waals surface area contributed by atoms with Crippen LogP contribution in [-0.2, 0) is 0 Å². The number of nitrogens with zero attached hydrogens (tertiary/aromatic N) is 1. The second kappa shape index (κ2) is 6.98. The third-order valence-corrected chi connectivity index (χ3v) is 1.15. The molecular formula is C5H11NS2. The lowest BCUT2D eigenvalue weighted by molar-refractivity contribution is 0.648. The standard InChI is InChI=1S/C3H7NS2.C2H4/c1-4(2)3(5)6;1-2/h1-2H3,(H,5,6);1-2H2. The van der Waals surface area contributed by atoms with Crippen molar-refractivity contribution in [3.05, 3.63) is 13.2 Å². The van der Waals surface area contributed by atoms with Gasteiger partial charge in [0.1, 0.15) is 4.32 Å². The number of hydrogen-bond acceptors (Lipinski definition) is 1. The summed E-state index contributed by atoms with van der Waals surface area (Å²) in [4.78, 5) is 1.76. The molecule has 0 bridgehead atoms. The lowest BCUT2D eigenvalue weighted by Gasteiger charge is -2.05. The molecule has 0 saturated carbocycles. The quantitative estimate of drug-likeness (QED) is 0.316.